The number of nitrogens with one attached hydrogen (secondary N) is 1. The van der Waals surface area contributed by atoms with Crippen LogP contribution in [0.1, 0.15) is 11.1 Å². The van der Waals surface area contributed by atoms with Gasteiger partial charge in [-0.15, -0.1) is 0 Å². The van der Waals surface area contributed by atoms with Crippen LogP contribution in [0.15, 0.2) is 78.6 Å². The summed E-state index contributed by atoms with van der Waals surface area (Å²) in [7, 11) is 1.59. The highest BCUT2D eigenvalue weighted by Crippen LogP contribution is 2.35. The molecule has 0 fully saturated rings. The maximum atomic E-state index is 13.2. The third kappa shape index (κ3) is 4.92. The molecule has 162 valence electrons. The number of nitrogens with zero attached hydrogens (tertiary/aromatic N) is 1. The number of amides is 2. The smallest absolute Gasteiger partial charge is 0.294 e. The Morgan fingerprint density at radius 1 is 1.06 bits per heavy atom. The number of benzene rings is 3. The molecule has 0 saturated carbocycles. The topological polar surface area (TPSA) is 67.9 Å². The van der Waals surface area contributed by atoms with Gasteiger partial charge in [-0.3, -0.25) is 14.5 Å². The molecule has 1 N–H and O–H groups in total. The lowest BCUT2D eigenvalue weighted by Gasteiger charge is -2.30. The van der Waals surface area contributed by atoms with Gasteiger partial charge < -0.3 is 14.8 Å². The van der Waals surface area contributed by atoms with Gasteiger partial charge in [0, 0.05) is 11.6 Å². The molecule has 1 aliphatic rings. The number of hydrogen-bond donors (Lipinski definition) is 1. The molecular weight excluding hydrogens is 428 g/mol. The average molecular weight is 449 g/mol. The Bertz CT molecular complexity index is 1160. The van der Waals surface area contributed by atoms with E-state index >= 15 is 0 Å². The van der Waals surface area contributed by atoms with Crippen molar-refractivity contribution in [3.05, 3.63) is 94.7 Å². The molecule has 0 unspecified atom stereocenters. The van der Waals surface area contributed by atoms with E-state index in [2.05, 4.69) is 5.32 Å². The lowest BCUT2D eigenvalue weighted by atomic mass is 10.1. The second-order valence-corrected chi connectivity index (χ2v) is 7.58. The highest BCUT2D eigenvalue weighted by Gasteiger charge is 2.31. The number of methoxy groups -OCH3 is 1. The zero-order valence-corrected chi connectivity index (χ0v) is 18.1. The quantitative estimate of drug-likeness (QED) is 0.566. The van der Waals surface area contributed by atoms with Gasteiger partial charge in [0.2, 0.25) is 5.91 Å². The number of carbonyl (C=O) groups excluding carboxylic acids is 2. The predicted molar refractivity (Wildman–Crippen MR) is 124 cm³/mol. The van der Waals surface area contributed by atoms with Crippen molar-refractivity contribution in [2.45, 2.75) is 6.54 Å². The molecular formula is C25H21ClN2O4. The van der Waals surface area contributed by atoms with Crippen molar-refractivity contribution in [1.82, 2.24) is 5.32 Å². The van der Waals surface area contributed by atoms with E-state index in [-0.39, 0.29) is 24.1 Å². The van der Waals surface area contributed by atoms with Crippen LogP contribution in [0.2, 0.25) is 5.02 Å². The summed E-state index contributed by atoms with van der Waals surface area (Å²) >= 11 is 5.90. The van der Waals surface area contributed by atoms with Gasteiger partial charge >= 0.3 is 0 Å². The summed E-state index contributed by atoms with van der Waals surface area (Å²) in [5.41, 5.74) is 2.24. The third-order valence-corrected chi connectivity index (χ3v) is 5.20. The predicted octanol–water partition coefficient (Wildman–Crippen LogP) is 4.43. The fourth-order valence-corrected chi connectivity index (χ4v) is 3.40. The highest BCUT2D eigenvalue weighted by atomic mass is 35.5. The van der Waals surface area contributed by atoms with Crippen LogP contribution in [-0.2, 0) is 16.1 Å². The van der Waals surface area contributed by atoms with Gasteiger partial charge in [-0.05, 0) is 53.6 Å². The zero-order chi connectivity index (χ0) is 22.5. The van der Waals surface area contributed by atoms with Crippen molar-refractivity contribution in [3.8, 4) is 11.5 Å². The second-order valence-electron chi connectivity index (χ2n) is 7.15. The van der Waals surface area contributed by atoms with E-state index in [0.717, 1.165) is 11.1 Å². The van der Waals surface area contributed by atoms with Crippen molar-refractivity contribution in [3.63, 3.8) is 0 Å². The van der Waals surface area contributed by atoms with Crippen molar-refractivity contribution in [2.75, 3.05) is 18.6 Å². The van der Waals surface area contributed by atoms with Gasteiger partial charge in [-0.1, -0.05) is 48.0 Å². The van der Waals surface area contributed by atoms with Crippen LogP contribution < -0.4 is 19.7 Å². The molecule has 0 atom stereocenters. The van der Waals surface area contributed by atoms with E-state index in [9.17, 15) is 9.59 Å². The number of ether oxygens (including phenoxy) is 2. The second kappa shape index (κ2) is 9.58. The molecule has 6 nitrogen and oxygen atoms in total. The number of fused-ring (bicyclic) bond motifs is 1. The molecule has 0 radical (unpaired) electrons. The summed E-state index contributed by atoms with van der Waals surface area (Å²) in [5.74, 6) is 0.694. The van der Waals surface area contributed by atoms with E-state index in [0.29, 0.717) is 28.8 Å². The maximum absolute atomic E-state index is 13.2. The van der Waals surface area contributed by atoms with E-state index in [1.807, 2.05) is 30.3 Å². The molecule has 0 bridgehead atoms. The van der Waals surface area contributed by atoms with Gasteiger partial charge in [0.25, 0.3) is 5.91 Å². The summed E-state index contributed by atoms with van der Waals surface area (Å²) in [6, 6.07) is 21.6. The Morgan fingerprint density at radius 2 is 1.78 bits per heavy atom. The van der Waals surface area contributed by atoms with Crippen LogP contribution in [0.25, 0.3) is 6.08 Å². The number of carbonyl (C=O) groups is 2. The first-order chi connectivity index (χ1) is 15.5. The minimum atomic E-state index is -0.388. The zero-order valence-electron chi connectivity index (χ0n) is 17.4. The number of rotatable bonds is 6. The fraction of sp³-hybridized carbons (Fsp3) is 0.120. The molecule has 0 aliphatic carbocycles. The van der Waals surface area contributed by atoms with Gasteiger partial charge in [0.15, 0.2) is 11.5 Å². The Balaban J connectivity index is 1.53. The lowest BCUT2D eigenvalue weighted by molar-refractivity contribution is -0.123. The van der Waals surface area contributed by atoms with E-state index < -0.39 is 0 Å². The van der Waals surface area contributed by atoms with Gasteiger partial charge in [-0.25, -0.2) is 0 Å². The minimum Gasteiger partial charge on any atom is -0.497 e. The average Bonchev–Trinajstić information content (AvgIpc) is 2.82. The molecule has 1 heterocycles. The van der Waals surface area contributed by atoms with Crippen LogP contribution in [0, 0.1) is 0 Å². The summed E-state index contributed by atoms with van der Waals surface area (Å²) in [6.07, 6.45) is 1.65. The molecule has 0 spiro atoms. The Kier molecular flexibility index (Phi) is 6.42. The largest absolute Gasteiger partial charge is 0.497 e. The molecule has 0 aromatic heterocycles. The normalized spacial score (nSPS) is 14.0. The lowest BCUT2D eigenvalue weighted by Crippen LogP contribution is -2.44. The molecule has 7 heteroatoms. The Labute approximate surface area is 191 Å². The number of hydrogen-bond acceptors (Lipinski definition) is 4. The van der Waals surface area contributed by atoms with E-state index in [4.69, 9.17) is 21.1 Å². The standard InChI is InChI=1S/C25H21ClN2O4/c1-31-20-12-8-17(9-13-20)14-23-25(30)28(21-4-2-3-5-22(21)32-23)16-24(29)27-15-18-6-10-19(26)11-7-18/h2-14H,15-16H2,1H3,(H,27,29). The van der Waals surface area contributed by atoms with E-state index in [1.54, 1.807) is 55.7 Å². The first-order valence-electron chi connectivity index (χ1n) is 9.99. The number of anilines is 1. The Hall–Kier alpha value is -3.77. The summed E-state index contributed by atoms with van der Waals surface area (Å²) in [4.78, 5) is 27.2. The van der Waals surface area contributed by atoms with Crippen LogP contribution >= 0.6 is 11.6 Å². The monoisotopic (exact) mass is 448 g/mol. The summed E-state index contributed by atoms with van der Waals surface area (Å²) in [5, 5.41) is 3.48. The first kappa shape index (κ1) is 21.5. The Morgan fingerprint density at radius 3 is 2.50 bits per heavy atom. The fourth-order valence-electron chi connectivity index (χ4n) is 3.27. The molecule has 32 heavy (non-hydrogen) atoms. The van der Waals surface area contributed by atoms with Crippen LogP contribution in [0.4, 0.5) is 5.69 Å². The van der Waals surface area contributed by atoms with Gasteiger partial charge in [0.05, 0.1) is 12.8 Å². The van der Waals surface area contributed by atoms with Crippen LogP contribution in [0.3, 0.4) is 0 Å². The van der Waals surface area contributed by atoms with Crippen LogP contribution in [-0.4, -0.2) is 25.5 Å². The third-order valence-electron chi connectivity index (χ3n) is 4.95. The van der Waals surface area contributed by atoms with Gasteiger partial charge in [-0.2, -0.15) is 0 Å². The molecule has 0 saturated heterocycles. The first-order valence-corrected chi connectivity index (χ1v) is 10.4. The minimum absolute atomic E-state index is 0.132. The molecule has 3 aromatic carbocycles. The van der Waals surface area contributed by atoms with Crippen molar-refractivity contribution in [1.29, 1.82) is 0 Å². The van der Waals surface area contributed by atoms with Crippen molar-refractivity contribution >= 4 is 35.2 Å². The number of halogens is 1. The van der Waals surface area contributed by atoms with Crippen LogP contribution in [0.5, 0.6) is 11.5 Å². The molecule has 1 aliphatic heterocycles. The van der Waals surface area contributed by atoms with E-state index in [1.165, 1.54) is 4.90 Å². The maximum Gasteiger partial charge on any atom is 0.294 e. The molecule has 3 aromatic rings. The summed E-state index contributed by atoms with van der Waals surface area (Å²) in [6.45, 7) is 0.206. The summed E-state index contributed by atoms with van der Waals surface area (Å²) < 4.78 is 11.0. The highest BCUT2D eigenvalue weighted by molar-refractivity contribution is 6.30. The van der Waals surface area contributed by atoms with Crippen molar-refractivity contribution < 1.29 is 19.1 Å². The van der Waals surface area contributed by atoms with Gasteiger partial charge in [0.1, 0.15) is 12.3 Å². The molecule has 4 rings (SSSR count). The SMILES string of the molecule is COc1ccc(C=C2Oc3ccccc3N(CC(=O)NCc3ccc(Cl)cc3)C2=O)cc1. The number of para-hydroxylation sites is 2. The molecule has 2 amide bonds. The van der Waals surface area contributed by atoms with Crippen molar-refractivity contribution in [2.24, 2.45) is 0 Å².